The molecule has 4 heterocycles. The van der Waals surface area contributed by atoms with Crippen molar-refractivity contribution >= 4 is 44.8 Å². The summed E-state index contributed by atoms with van der Waals surface area (Å²) in [5.41, 5.74) is -4.21. The van der Waals surface area contributed by atoms with Gasteiger partial charge in [0.2, 0.25) is 0 Å². The van der Waals surface area contributed by atoms with Gasteiger partial charge in [0.25, 0.3) is 6.43 Å². The fraction of sp³-hybridized carbons (Fsp3) is 0.615. The van der Waals surface area contributed by atoms with E-state index in [0.717, 1.165) is 18.5 Å². The van der Waals surface area contributed by atoms with Crippen LogP contribution in [0.4, 0.5) is 13.2 Å². The second kappa shape index (κ2) is 11.1. The lowest BCUT2D eigenvalue weighted by Gasteiger charge is -2.36. The van der Waals surface area contributed by atoms with Crippen molar-refractivity contribution in [2.75, 3.05) is 12.0 Å². The van der Waals surface area contributed by atoms with Crippen molar-refractivity contribution in [2.24, 2.45) is 0 Å². The standard InChI is InChI=1S/C26H35B2F3N2O8S2/c1-23(2)24(3,4)39-27(38-23)17-11-16(13-29)21(32-14-17)43(36,37)10-9-26(7)25(5,6)40-28(41-26)18-12-19(20(30)31)22(33-15-18)42(8,34)35/h11-12,14-15,20H,9-10,13H2,1-8H3. The summed E-state index contributed by atoms with van der Waals surface area (Å²) in [6.45, 7) is 11.2. The van der Waals surface area contributed by atoms with Crippen molar-refractivity contribution in [3.8, 4) is 0 Å². The van der Waals surface area contributed by atoms with Gasteiger partial charge in [-0.15, -0.1) is 0 Å². The van der Waals surface area contributed by atoms with Crippen LogP contribution in [0.15, 0.2) is 34.6 Å². The number of hydrogen-bond acceptors (Lipinski definition) is 10. The van der Waals surface area contributed by atoms with Gasteiger partial charge < -0.3 is 18.6 Å². The minimum Gasteiger partial charge on any atom is -0.399 e. The van der Waals surface area contributed by atoms with E-state index in [1.807, 2.05) is 27.7 Å². The number of aromatic nitrogens is 2. The topological polar surface area (TPSA) is 131 Å². The fourth-order valence-corrected chi connectivity index (χ4v) is 7.20. The van der Waals surface area contributed by atoms with Gasteiger partial charge in [0, 0.05) is 35.1 Å². The molecule has 0 radical (unpaired) electrons. The molecule has 2 fully saturated rings. The van der Waals surface area contributed by atoms with Gasteiger partial charge in [0.1, 0.15) is 6.67 Å². The summed E-state index contributed by atoms with van der Waals surface area (Å²) in [5.74, 6) is -0.494. The Balaban J connectivity index is 1.55. The second-order valence-corrected chi connectivity index (χ2v) is 16.5. The van der Waals surface area contributed by atoms with Gasteiger partial charge in [-0.05, 0) is 61.0 Å². The normalized spacial score (nSPS) is 23.3. The van der Waals surface area contributed by atoms with Gasteiger partial charge in [0.15, 0.2) is 29.7 Å². The van der Waals surface area contributed by atoms with E-state index in [9.17, 15) is 30.0 Å². The molecule has 2 aliphatic heterocycles. The highest BCUT2D eigenvalue weighted by atomic mass is 32.2. The molecular weight excluding hydrogens is 611 g/mol. The van der Waals surface area contributed by atoms with E-state index < -0.39 is 90.8 Å². The van der Waals surface area contributed by atoms with Gasteiger partial charge in [-0.3, -0.25) is 0 Å². The van der Waals surface area contributed by atoms with E-state index in [1.54, 1.807) is 20.8 Å². The van der Waals surface area contributed by atoms with Crippen LogP contribution < -0.4 is 10.9 Å². The third-order valence-electron chi connectivity index (χ3n) is 8.56. The maximum absolute atomic E-state index is 14.1. The smallest absolute Gasteiger partial charge is 0.399 e. The van der Waals surface area contributed by atoms with Gasteiger partial charge >= 0.3 is 14.2 Å². The van der Waals surface area contributed by atoms with Crippen LogP contribution in [-0.4, -0.2) is 75.5 Å². The van der Waals surface area contributed by atoms with Gasteiger partial charge in [-0.2, -0.15) is 0 Å². The summed E-state index contributed by atoms with van der Waals surface area (Å²) >= 11 is 0. The number of hydrogen-bond donors (Lipinski definition) is 0. The zero-order chi connectivity index (χ0) is 32.4. The Bertz CT molecular complexity index is 1610. The quantitative estimate of drug-likeness (QED) is 0.375. The van der Waals surface area contributed by atoms with E-state index in [-0.39, 0.29) is 17.4 Å². The van der Waals surface area contributed by atoms with Crippen LogP contribution in [0.5, 0.6) is 0 Å². The Kier molecular flexibility index (Phi) is 8.73. The molecule has 2 saturated heterocycles. The highest BCUT2D eigenvalue weighted by molar-refractivity contribution is 7.91. The predicted octanol–water partition coefficient (Wildman–Crippen LogP) is 2.73. The van der Waals surface area contributed by atoms with Gasteiger partial charge in [-0.25, -0.2) is 40.0 Å². The summed E-state index contributed by atoms with van der Waals surface area (Å²) in [7, 11) is -10.2. The van der Waals surface area contributed by atoms with E-state index in [0.29, 0.717) is 5.46 Å². The molecule has 2 aromatic heterocycles. The first kappa shape index (κ1) is 33.8. The van der Waals surface area contributed by atoms with Crippen molar-refractivity contribution in [2.45, 2.75) is 100 Å². The van der Waals surface area contributed by atoms with Crippen molar-refractivity contribution in [3.05, 3.63) is 35.7 Å². The van der Waals surface area contributed by atoms with Crippen LogP contribution in [0.25, 0.3) is 0 Å². The first-order chi connectivity index (χ1) is 19.5. The van der Waals surface area contributed by atoms with E-state index in [2.05, 4.69) is 9.97 Å². The molecule has 2 aliphatic rings. The summed E-state index contributed by atoms with van der Waals surface area (Å²) in [5, 5.41) is -1.17. The number of rotatable bonds is 9. The number of sulfone groups is 2. The number of pyridine rings is 2. The average molecular weight is 646 g/mol. The summed E-state index contributed by atoms with van der Waals surface area (Å²) < 4.78 is 116. The Labute approximate surface area is 251 Å². The first-order valence-corrected chi connectivity index (χ1v) is 17.0. The SMILES string of the molecule is CC1(C)OB(c2cnc(S(=O)(=O)CCC3(C)OB(c4cnc(S(C)(=O)=O)c(C(F)F)c4)OC3(C)C)c(CF)c2)OC1(C)C. The zero-order valence-corrected chi connectivity index (χ0v) is 26.9. The Morgan fingerprint density at radius 3 is 1.79 bits per heavy atom. The van der Waals surface area contributed by atoms with Crippen LogP contribution in [0.1, 0.15) is 72.4 Å². The molecule has 0 saturated carbocycles. The largest absolute Gasteiger partial charge is 0.496 e. The molecule has 0 N–H and O–H groups in total. The Morgan fingerprint density at radius 2 is 1.28 bits per heavy atom. The molecule has 0 aromatic carbocycles. The number of alkyl halides is 3. The first-order valence-electron chi connectivity index (χ1n) is 13.5. The molecule has 1 atom stereocenters. The lowest BCUT2D eigenvalue weighted by molar-refractivity contribution is -0.0113. The van der Waals surface area contributed by atoms with E-state index in [1.165, 1.54) is 12.3 Å². The molecule has 0 bridgehead atoms. The van der Waals surface area contributed by atoms with Crippen LogP contribution in [0, 0.1) is 0 Å². The average Bonchev–Trinajstić information content (AvgIpc) is 3.27. The molecule has 236 valence electrons. The van der Waals surface area contributed by atoms with E-state index in [4.69, 9.17) is 18.6 Å². The second-order valence-electron chi connectivity index (χ2n) is 12.6. The van der Waals surface area contributed by atoms with Crippen molar-refractivity contribution < 1.29 is 48.6 Å². The molecule has 17 heteroatoms. The molecule has 0 spiro atoms. The van der Waals surface area contributed by atoms with Gasteiger partial charge in [0.05, 0.1) is 33.7 Å². The fourth-order valence-electron chi connectivity index (χ4n) is 4.80. The van der Waals surface area contributed by atoms with Crippen molar-refractivity contribution in [1.82, 2.24) is 9.97 Å². The molecule has 4 rings (SSSR count). The minimum atomic E-state index is -4.13. The highest BCUT2D eigenvalue weighted by Gasteiger charge is 2.55. The maximum atomic E-state index is 14.1. The van der Waals surface area contributed by atoms with Crippen LogP contribution >= 0.6 is 0 Å². The lowest BCUT2D eigenvalue weighted by atomic mass is 9.80. The number of halogens is 3. The molecule has 0 amide bonds. The molecule has 1 unspecified atom stereocenters. The molecule has 0 aliphatic carbocycles. The zero-order valence-electron chi connectivity index (χ0n) is 25.3. The molecule has 2 aromatic rings. The van der Waals surface area contributed by atoms with Crippen LogP contribution in [0.2, 0.25) is 0 Å². The van der Waals surface area contributed by atoms with Crippen molar-refractivity contribution in [3.63, 3.8) is 0 Å². The summed E-state index contributed by atoms with van der Waals surface area (Å²) in [6.07, 6.45) is -0.111. The molecule has 43 heavy (non-hydrogen) atoms. The summed E-state index contributed by atoms with van der Waals surface area (Å²) in [6, 6.07) is 2.32. The Morgan fingerprint density at radius 1 is 0.791 bits per heavy atom. The van der Waals surface area contributed by atoms with Crippen LogP contribution in [0.3, 0.4) is 0 Å². The predicted molar refractivity (Wildman–Crippen MR) is 154 cm³/mol. The third-order valence-corrected chi connectivity index (χ3v) is 11.3. The third kappa shape index (κ3) is 6.39. The van der Waals surface area contributed by atoms with Crippen LogP contribution in [-0.2, 0) is 45.0 Å². The van der Waals surface area contributed by atoms with E-state index >= 15 is 0 Å². The molecular formula is C26H35B2F3N2O8S2. The van der Waals surface area contributed by atoms with Crippen molar-refractivity contribution in [1.29, 1.82) is 0 Å². The summed E-state index contributed by atoms with van der Waals surface area (Å²) in [4.78, 5) is 7.82. The highest BCUT2D eigenvalue weighted by Crippen LogP contribution is 2.41. The monoisotopic (exact) mass is 646 g/mol. The number of nitrogens with zero attached hydrogens (tertiary/aromatic N) is 2. The molecule has 10 nitrogen and oxygen atoms in total. The maximum Gasteiger partial charge on any atom is 0.496 e. The Hall–Kier alpha value is -2.04. The van der Waals surface area contributed by atoms with Gasteiger partial charge in [-0.1, -0.05) is 6.07 Å². The minimum absolute atomic E-state index is 0.0435. The lowest BCUT2D eigenvalue weighted by Crippen LogP contribution is -2.46.